The van der Waals surface area contributed by atoms with Crippen molar-refractivity contribution in [3.8, 4) is 0 Å². The zero-order chi connectivity index (χ0) is 13.2. The summed E-state index contributed by atoms with van der Waals surface area (Å²) in [5.41, 5.74) is 4.53. The molecule has 0 radical (unpaired) electrons. The van der Waals surface area contributed by atoms with Gasteiger partial charge in [0.15, 0.2) is 0 Å². The second-order valence-electron chi connectivity index (χ2n) is 4.67. The molecule has 0 bridgehead atoms. The number of amides is 1. The molecule has 1 N–H and O–H groups in total. The molecule has 1 aliphatic heterocycles. The Morgan fingerprint density at radius 3 is 2.68 bits per heavy atom. The topological polar surface area (TPSA) is 41.5 Å². The Kier molecular flexibility index (Phi) is 2.88. The highest BCUT2D eigenvalue weighted by Gasteiger charge is 2.16. The van der Waals surface area contributed by atoms with Crippen molar-refractivity contribution in [2.75, 3.05) is 5.32 Å². The third kappa shape index (κ3) is 2.40. The summed E-state index contributed by atoms with van der Waals surface area (Å²) >= 11 is 0. The summed E-state index contributed by atoms with van der Waals surface area (Å²) in [6.45, 7) is 2.02. The minimum Gasteiger partial charge on any atom is -0.324 e. The van der Waals surface area contributed by atoms with Crippen molar-refractivity contribution in [2.24, 2.45) is 4.99 Å². The van der Waals surface area contributed by atoms with E-state index in [4.69, 9.17) is 0 Å². The highest BCUT2D eigenvalue weighted by atomic mass is 16.1. The van der Waals surface area contributed by atoms with Crippen LogP contribution in [0.4, 0.5) is 11.4 Å². The maximum absolute atomic E-state index is 11.9. The standard InChI is InChI=1S/C16H14N2O/c1-11-7-8-13-15(9-11)17-14(10-16(19)18-13)12-5-3-2-4-6-12/h2-9H,10H2,1H3,(H,18,19). The van der Waals surface area contributed by atoms with Gasteiger partial charge in [0.25, 0.3) is 0 Å². The molecule has 1 heterocycles. The average Bonchev–Trinajstić information content (AvgIpc) is 2.58. The maximum atomic E-state index is 11.9. The lowest BCUT2D eigenvalue weighted by Crippen LogP contribution is -2.14. The number of aliphatic imine (C=N–C) groups is 1. The van der Waals surface area contributed by atoms with Crippen LogP contribution in [0.1, 0.15) is 17.5 Å². The molecule has 0 saturated heterocycles. The molecule has 0 aromatic heterocycles. The Balaban J connectivity index is 2.12. The van der Waals surface area contributed by atoms with E-state index in [0.717, 1.165) is 28.2 Å². The van der Waals surface area contributed by atoms with Gasteiger partial charge < -0.3 is 5.32 Å². The van der Waals surface area contributed by atoms with Gasteiger partial charge in [-0.25, -0.2) is 0 Å². The Labute approximate surface area is 112 Å². The van der Waals surface area contributed by atoms with Crippen LogP contribution in [-0.2, 0) is 4.79 Å². The maximum Gasteiger partial charge on any atom is 0.230 e. The summed E-state index contributed by atoms with van der Waals surface area (Å²) in [5, 5.41) is 2.90. The van der Waals surface area contributed by atoms with Crippen LogP contribution in [0.2, 0.25) is 0 Å². The molecule has 0 aliphatic carbocycles. The molecule has 1 amide bonds. The van der Waals surface area contributed by atoms with Gasteiger partial charge in [0.05, 0.1) is 23.5 Å². The molecule has 3 heteroatoms. The first kappa shape index (κ1) is 11.7. The van der Waals surface area contributed by atoms with E-state index < -0.39 is 0 Å². The number of fused-ring (bicyclic) bond motifs is 1. The van der Waals surface area contributed by atoms with Crippen molar-refractivity contribution >= 4 is 23.0 Å². The molecule has 94 valence electrons. The van der Waals surface area contributed by atoms with Crippen molar-refractivity contribution in [3.05, 3.63) is 59.7 Å². The summed E-state index contributed by atoms with van der Waals surface area (Å²) in [6.07, 6.45) is 0.303. The molecule has 0 saturated carbocycles. The summed E-state index contributed by atoms with van der Waals surface area (Å²) in [5.74, 6) is -0.0230. The number of carbonyl (C=O) groups is 1. The zero-order valence-electron chi connectivity index (χ0n) is 10.7. The van der Waals surface area contributed by atoms with Gasteiger partial charge in [-0.3, -0.25) is 9.79 Å². The lowest BCUT2D eigenvalue weighted by atomic mass is 10.1. The molecular formula is C16H14N2O. The smallest absolute Gasteiger partial charge is 0.230 e. The van der Waals surface area contributed by atoms with E-state index in [0.29, 0.717) is 6.42 Å². The van der Waals surface area contributed by atoms with E-state index in [2.05, 4.69) is 10.3 Å². The largest absolute Gasteiger partial charge is 0.324 e. The fourth-order valence-corrected chi connectivity index (χ4v) is 2.17. The average molecular weight is 250 g/mol. The van der Waals surface area contributed by atoms with Gasteiger partial charge in [-0.15, -0.1) is 0 Å². The number of carbonyl (C=O) groups excluding carboxylic acids is 1. The van der Waals surface area contributed by atoms with Crippen LogP contribution in [0.15, 0.2) is 53.5 Å². The van der Waals surface area contributed by atoms with Crippen LogP contribution >= 0.6 is 0 Å². The number of rotatable bonds is 1. The molecular weight excluding hydrogens is 236 g/mol. The Hall–Kier alpha value is -2.42. The Morgan fingerprint density at radius 1 is 1.11 bits per heavy atom. The minimum atomic E-state index is -0.0230. The van der Waals surface area contributed by atoms with Crippen molar-refractivity contribution in [1.82, 2.24) is 0 Å². The van der Waals surface area contributed by atoms with Crippen molar-refractivity contribution < 1.29 is 4.79 Å². The van der Waals surface area contributed by atoms with Gasteiger partial charge in [0.2, 0.25) is 5.91 Å². The third-order valence-corrected chi connectivity index (χ3v) is 3.12. The lowest BCUT2D eigenvalue weighted by molar-refractivity contribution is -0.115. The van der Waals surface area contributed by atoms with Crippen LogP contribution in [0.25, 0.3) is 0 Å². The molecule has 0 spiro atoms. The van der Waals surface area contributed by atoms with Gasteiger partial charge in [0, 0.05) is 0 Å². The predicted octanol–water partition coefficient (Wildman–Crippen LogP) is 3.46. The number of nitrogens with one attached hydrogen (secondary N) is 1. The Morgan fingerprint density at radius 2 is 1.89 bits per heavy atom. The summed E-state index contributed by atoms with van der Waals surface area (Å²) < 4.78 is 0. The lowest BCUT2D eigenvalue weighted by Gasteiger charge is -2.04. The van der Waals surface area contributed by atoms with Crippen LogP contribution in [0, 0.1) is 6.92 Å². The van der Waals surface area contributed by atoms with Crippen LogP contribution in [0.5, 0.6) is 0 Å². The number of hydrogen-bond acceptors (Lipinski definition) is 2. The van der Waals surface area contributed by atoms with Gasteiger partial charge in [0.1, 0.15) is 0 Å². The van der Waals surface area contributed by atoms with E-state index >= 15 is 0 Å². The molecule has 1 aliphatic rings. The van der Waals surface area contributed by atoms with Gasteiger partial charge >= 0.3 is 0 Å². The van der Waals surface area contributed by atoms with E-state index in [1.165, 1.54) is 0 Å². The van der Waals surface area contributed by atoms with E-state index in [-0.39, 0.29) is 5.91 Å². The zero-order valence-corrected chi connectivity index (χ0v) is 10.7. The highest BCUT2D eigenvalue weighted by molar-refractivity contribution is 6.16. The fraction of sp³-hybridized carbons (Fsp3) is 0.125. The molecule has 3 nitrogen and oxygen atoms in total. The third-order valence-electron chi connectivity index (χ3n) is 3.12. The minimum absolute atomic E-state index is 0.0230. The van der Waals surface area contributed by atoms with Crippen molar-refractivity contribution in [3.63, 3.8) is 0 Å². The van der Waals surface area contributed by atoms with Crippen molar-refractivity contribution in [2.45, 2.75) is 13.3 Å². The number of nitrogens with zero attached hydrogens (tertiary/aromatic N) is 1. The molecule has 19 heavy (non-hydrogen) atoms. The van der Waals surface area contributed by atoms with E-state index in [1.807, 2.05) is 55.5 Å². The first-order valence-electron chi connectivity index (χ1n) is 6.26. The predicted molar refractivity (Wildman–Crippen MR) is 77.1 cm³/mol. The molecule has 2 aromatic carbocycles. The summed E-state index contributed by atoms with van der Waals surface area (Å²) in [7, 11) is 0. The molecule has 3 rings (SSSR count). The first-order valence-corrected chi connectivity index (χ1v) is 6.26. The molecule has 0 atom stereocenters. The fourth-order valence-electron chi connectivity index (χ4n) is 2.17. The summed E-state index contributed by atoms with van der Waals surface area (Å²) in [6, 6.07) is 15.7. The SMILES string of the molecule is Cc1ccc2c(c1)N=C(c1ccccc1)CC(=O)N2. The van der Waals surface area contributed by atoms with Gasteiger partial charge in [-0.1, -0.05) is 36.4 Å². The molecule has 0 unspecified atom stereocenters. The highest BCUT2D eigenvalue weighted by Crippen LogP contribution is 2.29. The van der Waals surface area contributed by atoms with E-state index in [9.17, 15) is 4.79 Å². The number of benzene rings is 2. The summed E-state index contributed by atoms with van der Waals surface area (Å²) in [4.78, 5) is 16.6. The van der Waals surface area contributed by atoms with Crippen LogP contribution in [-0.4, -0.2) is 11.6 Å². The molecule has 0 fully saturated rings. The van der Waals surface area contributed by atoms with Crippen LogP contribution in [0.3, 0.4) is 0 Å². The van der Waals surface area contributed by atoms with Crippen LogP contribution < -0.4 is 5.32 Å². The second-order valence-corrected chi connectivity index (χ2v) is 4.67. The van der Waals surface area contributed by atoms with E-state index in [1.54, 1.807) is 0 Å². The van der Waals surface area contributed by atoms with Gasteiger partial charge in [-0.05, 0) is 30.2 Å². The molecule has 2 aromatic rings. The van der Waals surface area contributed by atoms with Crippen molar-refractivity contribution in [1.29, 1.82) is 0 Å². The number of hydrogen-bond donors (Lipinski definition) is 1. The Bertz CT molecular complexity index is 660. The monoisotopic (exact) mass is 250 g/mol. The van der Waals surface area contributed by atoms with Gasteiger partial charge in [-0.2, -0.15) is 0 Å². The number of aryl methyl sites for hydroxylation is 1. The first-order chi connectivity index (χ1) is 9.22. The quantitative estimate of drug-likeness (QED) is 0.827. The second kappa shape index (κ2) is 4.69. The number of anilines is 1. The normalized spacial score (nSPS) is 14.2.